The lowest BCUT2D eigenvalue weighted by Gasteiger charge is -2.39. The van der Waals surface area contributed by atoms with Gasteiger partial charge in [-0.3, -0.25) is 9.89 Å². The van der Waals surface area contributed by atoms with Crippen molar-refractivity contribution in [3.05, 3.63) is 0 Å². The third-order valence-electron chi connectivity index (χ3n) is 3.18. The first-order valence-corrected chi connectivity index (χ1v) is 6.95. The van der Waals surface area contributed by atoms with Crippen molar-refractivity contribution < 1.29 is 4.74 Å². The average molecular weight is 256 g/mol. The van der Waals surface area contributed by atoms with Gasteiger partial charge in [0.05, 0.1) is 19.8 Å². The standard InChI is InChI=1S/C13H28N4O/c1-5-14-12(15-6-2)16-11-13(3,4)17-7-9-18-10-8-17/h5-11H2,1-4H3,(H2,14,15,16). The Morgan fingerprint density at radius 3 is 2.22 bits per heavy atom. The molecule has 0 saturated carbocycles. The van der Waals surface area contributed by atoms with Crippen LogP contribution in [0.1, 0.15) is 27.7 Å². The topological polar surface area (TPSA) is 48.9 Å². The molecule has 0 aliphatic carbocycles. The smallest absolute Gasteiger partial charge is 0.191 e. The van der Waals surface area contributed by atoms with Crippen molar-refractivity contribution in [2.75, 3.05) is 45.9 Å². The molecule has 1 fully saturated rings. The Morgan fingerprint density at radius 1 is 1.17 bits per heavy atom. The summed E-state index contributed by atoms with van der Waals surface area (Å²) >= 11 is 0. The van der Waals surface area contributed by atoms with Gasteiger partial charge in [0.2, 0.25) is 0 Å². The summed E-state index contributed by atoms with van der Waals surface area (Å²) in [7, 11) is 0. The van der Waals surface area contributed by atoms with Gasteiger partial charge in [0, 0.05) is 31.7 Å². The fourth-order valence-electron chi connectivity index (χ4n) is 2.05. The lowest BCUT2D eigenvalue weighted by atomic mass is 10.0. The average Bonchev–Trinajstić information content (AvgIpc) is 2.38. The Morgan fingerprint density at radius 2 is 1.72 bits per heavy atom. The molecular weight excluding hydrogens is 228 g/mol. The van der Waals surface area contributed by atoms with Crippen LogP contribution in [0.3, 0.4) is 0 Å². The van der Waals surface area contributed by atoms with Crippen molar-refractivity contribution in [3.8, 4) is 0 Å². The summed E-state index contributed by atoms with van der Waals surface area (Å²) in [6.45, 7) is 14.9. The van der Waals surface area contributed by atoms with Crippen molar-refractivity contribution in [2.24, 2.45) is 4.99 Å². The third kappa shape index (κ3) is 4.82. The minimum Gasteiger partial charge on any atom is -0.379 e. The Balaban J connectivity index is 2.53. The van der Waals surface area contributed by atoms with Crippen LogP contribution in [0.15, 0.2) is 4.99 Å². The minimum atomic E-state index is 0.0832. The molecule has 1 aliphatic rings. The van der Waals surface area contributed by atoms with Crippen LogP contribution in [-0.2, 0) is 4.74 Å². The van der Waals surface area contributed by atoms with E-state index < -0.39 is 0 Å². The van der Waals surface area contributed by atoms with Gasteiger partial charge in [-0.2, -0.15) is 0 Å². The van der Waals surface area contributed by atoms with Gasteiger partial charge < -0.3 is 15.4 Å². The number of nitrogens with zero attached hydrogens (tertiary/aromatic N) is 2. The first kappa shape index (κ1) is 15.2. The summed E-state index contributed by atoms with van der Waals surface area (Å²) in [6, 6.07) is 0. The Hall–Kier alpha value is -0.810. The van der Waals surface area contributed by atoms with E-state index >= 15 is 0 Å². The van der Waals surface area contributed by atoms with E-state index in [4.69, 9.17) is 4.74 Å². The fourth-order valence-corrected chi connectivity index (χ4v) is 2.05. The summed E-state index contributed by atoms with van der Waals surface area (Å²) < 4.78 is 5.40. The van der Waals surface area contributed by atoms with Gasteiger partial charge in [-0.05, 0) is 27.7 Å². The van der Waals surface area contributed by atoms with E-state index in [0.717, 1.165) is 51.9 Å². The molecule has 0 aromatic rings. The molecule has 0 bridgehead atoms. The molecule has 5 nitrogen and oxygen atoms in total. The maximum atomic E-state index is 5.40. The molecule has 106 valence electrons. The third-order valence-corrected chi connectivity index (χ3v) is 3.18. The van der Waals surface area contributed by atoms with Gasteiger partial charge in [-0.1, -0.05) is 0 Å². The Labute approximate surface area is 111 Å². The highest BCUT2D eigenvalue weighted by Crippen LogP contribution is 2.16. The van der Waals surface area contributed by atoms with Gasteiger partial charge in [-0.25, -0.2) is 0 Å². The number of nitrogens with one attached hydrogen (secondary N) is 2. The van der Waals surface area contributed by atoms with Crippen LogP contribution < -0.4 is 10.6 Å². The monoisotopic (exact) mass is 256 g/mol. The van der Waals surface area contributed by atoms with Gasteiger partial charge in [0.25, 0.3) is 0 Å². The van der Waals surface area contributed by atoms with E-state index in [1.165, 1.54) is 0 Å². The lowest BCUT2D eigenvalue weighted by molar-refractivity contribution is -0.00683. The van der Waals surface area contributed by atoms with E-state index in [2.05, 4.69) is 48.2 Å². The minimum absolute atomic E-state index is 0.0832. The molecule has 0 aromatic carbocycles. The van der Waals surface area contributed by atoms with Gasteiger partial charge in [0.15, 0.2) is 5.96 Å². The maximum absolute atomic E-state index is 5.40. The second kappa shape index (κ2) is 7.59. The van der Waals surface area contributed by atoms with Gasteiger partial charge in [0.1, 0.15) is 0 Å². The van der Waals surface area contributed by atoms with Crippen LogP contribution in [0.25, 0.3) is 0 Å². The van der Waals surface area contributed by atoms with E-state index in [1.807, 2.05) is 0 Å². The molecule has 0 atom stereocenters. The van der Waals surface area contributed by atoms with E-state index in [0.29, 0.717) is 0 Å². The lowest BCUT2D eigenvalue weighted by Crippen LogP contribution is -2.52. The molecule has 0 unspecified atom stereocenters. The van der Waals surface area contributed by atoms with Crippen LogP contribution in [-0.4, -0.2) is 62.3 Å². The summed E-state index contributed by atoms with van der Waals surface area (Å²) in [5.41, 5.74) is 0.0832. The van der Waals surface area contributed by atoms with E-state index in [1.54, 1.807) is 0 Å². The molecule has 0 radical (unpaired) electrons. The summed E-state index contributed by atoms with van der Waals surface area (Å²) in [4.78, 5) is 7.12. The molecule has 0 aromatic heterocycles. The molecule has 1 rings (SSSR count). The first-order valence-electron chi connectivity index (χ1n) is 6.95. The Kier molecular flexibility index (Phi) is 6.43. The molecular formula is C13H28N4O. The van der Waals surface area contributed by atoms with Crippen LogP contribution in [0.4, 0.5) is 0 Å². The summed E-state index contributed by atoms with van der Waals surface area (Å²) in [6.07, 6.45) is 0. The summed E-state index contributed by atoms with van der Waals surface area (Å²) in [5.74, 6) is 0.904. The molecule has 1 aliphatic heterocycles. The number of ether oxygens (including phenoxy) is 1. The van der Waals surface area contributed by atoms with Gasteiger partial charge >= 0.3 is 0 Å². The molecule has 1 saturated heterocycles. The van der Waals surface area contributed by atoms with Gasteiger partial charge in [-0.15, -0.1) is 0 Å². The molecule has 18 heavy (non-hydrogen) atoms. The zero-order chi connectivity index (χ0) is 13.4. The largest absolute Gasteiger partial charge is 0.379 e. The number of aliphatic imine (C=N–C) groups is 1. The first-order chi connectivity index (χ1) is 8.60. The number of rotatable bonds is 5. The highest BCUT2D eigenvalue weighted by molar-refractivity contribution is 5.79. The normalized spacial score (nSPS) is 17.3. The predicted molar refractivity (Wildman–Crippen MR) is 76.1 cm³/mol. The number of hydrogen-bond acceptors (Lipinski definition) is 3. The second-order valence-electron chi connectivity index (χ2n) is 5.14. The van der Waals surface area contributed by atoms with Crippen molar-refractivity contribution in [2.45, 2.75) is 33.2 Å². The van der Waals surface area contributed by atoms with Crippen molar-refractivity contribution in [1.29, 1.82) is 0 Å². The predicted octanol–water partition coefficient (Wildman–Crippen LogP) is 0.672. The molecule has 5 heteroatoms. The zero-order valence-electron chi connectivity index (χ0n) is 12.3. The van der Waals surface area contributed by atoms with Crippen LogP contribution >= 0.6 is 0 Å². The van der Waals surface area contributed by atoms with Crippen molar-refractivity contribution in [3.63, 3.8) is 0 Å². The van der Waals surface area contributed by atoms with Crippen molar-refractivity contribution in [1.82, 2.24) is 15.5 Å². The van der Waals surface area contributed by atoms with Crippen LogP contribution in [0.5, 0.6) is 0 Å². The quantitative estimate of drug-likeness (QED) is 0.561. The number of guanidine groups is 1. The van der Waals surface area contributed by atoms with Crippen LogP contribution in [0, 0.1) is 0 Å². The van der Waals surface area contributed by atoms with Crippen LogP contribution in [0.2, 0.25) is 0 Å². The second-order valence-corrected chi connectivity index (χ2v) is 5.14. The molecule has 0 spiro atoms. The summed E-state index contributed by atoms with van der Waals surface area (Å²) in [5, 5.41) is 6.51. The zero-order valence-corrected chi connectivity index (χ0v) is 12.3. The molecule has 2 N–H and O–H groups in total. The SMILES string of the molecule is CCNC(=NCC(C)(C)N1CCOCC1)NCC. The number of morpholine rings is 1. The number of hydrogen-bond donors (Lipinski definition) is 2. The van der Waals surface area contributed by atoms with Crippen molar-refractivity contribution >= 4 is 5.96 Å². The molecule has 0 amide bonds. The highest BCUT2D eigenvalue weighted by Gasteiger charge is 2.27. The fraction of sp³-hybridized carbons (Fsp3) is 0.923. The Bertz CT molecular complexity index is 252. The van der Waals surface area contributed by atoms with E-state index in [-0.39, 0.29) is 5.54 Å². The van der Waals surface area contributed by atoms with E-state index in [9.17, 15) is 0 Å². The highest BCUT2D eigenvalue weighted by atomic mass is 16.5. The molecule has 1 heterocycles. The maximum Gasteiger partial charge on any atom is 0.191 e.